The summed E-state index contributed by atoms with van der Waals surface area (Å²) in [6.45, 7) is 5.16. The second kappa shape index (κ2) is 9.10. The van der Waals surface area contributed by atoms with Gasteiger partial charge >= 0.3 is 0 Å². The van der Waals surface area contributed by atoms with Crippen molar-refractivity contribution in [3.05, 3.63) is 29.8 Å². The highest BCUT2D eigenvalue weighted by Gasteiger charge is 2.54. The van der Waals surface area contributed by atoms with E-state index in [-0.39, 0.29) is 36.3 Å². The minimum Gasteiger partial charge on any atom is -0.497 e. The van der Waals surface area contributed by atoms with Crippen LogP contribution in [0.1, 0.15) is 56.3 Å². The number of ether oxygens (including phenoxy) is 2. The lowest BCUT2D eigenvalue weighted by molar-refractivity contribution is -0.144. The van der Waals surface area contributed by atoms with Crippen LogP contribution in [0, 0.1) is 5.92 Å². The van der Waals surface area contributed by atoms with E-state index in [2.05, 4.69) is 5.32 Å². The van der Waals surface area contributed by atoms with Gasteiger partial charge in [0.15, 0.2) is 0 Å². The summed E-state index contributed by atoms with van der Waals surface area (Å²) in [7, 11) is 1.58. The van der Waals surface area contributed by atoms with E-state index in [4.69, 9.17) is 9.47 Å². The van der Waals surface area contributed by atoms with Gasteiger partial charge in [0.2, 0.25) is 11.8 Å². The molecular formula is C24H33N3O5. The molecule has 3 fully saturated rings. The Labute approximate surface area is 189 Å². The molecule has 1 saturated carbocycles. The maximum Gasteiger partial charge on any atom is 0.256 e. The number of carbonyl (C=O) groups is 3. The van der Waals surface area contributed by atoms with E-state index in [1.807, 2.05) is 18.7 Å². The molecule has 1 N–H and O–H groups in total. The first kappa shape index (κ1) is 22.6. The summed E-state index contributed by atoms with van der Waals surface area (Å²) in [5.41, 5.74) is -0.400. The first-order valence-electron chi connectivity index (χ1n) is 11.6. The molecule has 3 amide bonds. The Kier molecular flexibility index (Phi) is 6.42. The molecule has 1 aromatic rings. The minimum atomic E-state index is -0.880. The standard InChI is InChI=1S/C24H33N3O5/c1-4-16(2)25-21(28)20-15-32-24(11-13-26(14-12-24)22(29)17-5-6-17)27(20)23(30)18-7-9-19(31-3)10-8-18/h7-10,16-17,20H,4-6,11-15H2,1-3H3,(H,25,28). The van der Waals surface area contributed by atoms with Gasteiger partial charge in [-0.2, -0.15) is 0 Å². The Morgan fingerprint density at radius 2 is 1.84 bits per heavy atom. The lowest BCUT2D eigenvalue weighted by Crippen LogP contribution is -2.60. The van der Waals surface area contributed by atoms with Crippen molar-refractivity contribution in [2.24, 2.45) is 5.92 Å². The van der Waals surface area contributed by atoms with E-state index in [0.717, 1.165) is 19.3 Å². The van der Waals surface area contributed by atoms with Crippen molar-refractivity contribution in [1.29, 1.82) is 0 Å². The first-order valence-corrected chi connectivity index (χ1v) is 11.6. The van der Waals surface area contributed by atoms with E-state index >= 15 is 0 Å². The number of rotatable bonds is 6. The fourth-order valence-corrected chi connectivity index (χ4v) is 4.55. The van der Waals surface area contributed by atoms with Crippen molar-refractivity contribution in [2.75, 3.05) is 26.8 Å². The molecule has 1 spiro atoms. The van der Waals surface area contributed by atoms with Crippen LogP contribution in [0.25, 0.3) is 0 Å². The topological polar surface area (TPSA) is 88.2 Å². The van der Waals surface area contributed by atoms with Crippen LogP contribution in [-0.2, 0) is 14.3 Å². The summed E-state index contributed by atoms with van der Waals surface area (Å²) >= 11 is 0. The SMILES string of the molecule is CCC(C)NC(=O)C1COC2(CCN(C(=O)C3CC3)CC2)N1C(=O)c1ccc(OC)cc1. The molecule has 2 heterocycles. The Balaban J connectivity index is 1.58. The molecule has 32 heavy (non-hydrogen) atoms. The Morgan fingerprint density at radius 1 is 1.19 bits per heavy atom. The number of piperidine rings is 1. The molecule has 2 unspecified atom stereocenters. The molecule has 0 aromatic heterocycles. The van der Waals surface area contributed by atoms with Gasteiger partial charge in [0.05, 0.1) is 13.7 Å². The summed E-state index contributed by atoms with van der Waals surface area (Å²) in [6.07, 6.45) is 3.74. The molecule has 174 valence electrons. The van der Waals surface area contributed by atoms with E-state index in [9.17, 15) is 14.4 Å². The third-order valence-electron chi connectivity index (χ3n) is 6.90. The van der Waals surface area contributed by atoms with Gasteiger partial charge in [-0.25, -0.2) is 0 Å². The number of likely N-dealkylation sites (tertiary alicyclic amines) is 1. The smallest absolute Gasteiger partial charge is 0.256 e. The third-order valence-corrected chi connectivity index (χ3v) is 6.90. The molecule has 0 radical (unpaired) electrons. The van der Waals surface area contributed by atoms with E-state index < -0.39 is 11.8 Å². The van der Waals surface area contributed by atoms with Gasteiger partial charge in [0, 0.05) is 43.5 Å². The predicted octanol–water partition coefficient (Wildman–Crippen LogP) is 2.18. The van der Waals surface area contributed by atoms with Crippen LogP contribution >= 0.6 is 0 Å². The lowest BCUT2D eigenvalue weighted by atomic mass is 9.96. The maximum atomic E-state index is 13.7. The Morgan fingerprint density at radius 3 is 2.41 bits per heavy atom. The second-order valence-electron chi connectivity index (χ2n) is 9.09. The summed E-state index contributed by atoms with van der Waals surface area (Å²) in [6, 6.07) is 6.20. The fourth-order valence-electron chi connectivity index (χ4n) is 4.55. The van der Waals surface area contributed by atoms with Gasteiger partial charge in [-0.3, -0.25) is 19.3 Å². The molecule has 1 aliphatic carbocycles. The molecule has 0 bridgehead atoms. The number of benzene rings is 1. The number of carbonyl (C=O) groups excluding carboxylic acids is 3. The van der Waals surface area contributed by atoms with Gasteiger partial charge in [0.25, 0.3) is 5.91 Å². The van der Waals surface area contributed by atoms with Gasteiger partial charge in [-0.15, -0.1) is 0 Å². The van der Waals surface area contributed by atoms with Crippen molar-refractivity contribution < 1.29 is 23.9 Å². The van der Waals surface area contributed by atoms with Crippen LogP contribution in [0.15, 0.2) is 24.3 Å². The highest BCUT2D eigenvalue weighted by Crippen LogP contribution is 2.40. The molecule has 3 aliphatic rings. The van der Waals surface area contributed by atoms with Crippen LogP contribution in [0.3, 0.4) is 0 Å². The van der Waals surface area contributed by atoms with E-state index in [1.165, 1.54) is 0 Å². The lowest BCUT2D eigenvalue weighted by Gasteiger charge is -2.44. The van der Waals surface area contributed by atoms with Crippen molar-refractivity contribution in [3.63, 3.8) is 0 Å². The third kappa shape index (κ3) is 4.33. The number of amides is 3. The van der Waals surface area contributed by atoms with Gasteiger partial charge in [-0.1, -0.05) is 6.92 Å². The quantitative estimate of drug-likeness (QED) is 0.728. The first-order chi connectivity index (χ1) is 15.4. The number of hydrogen-bond acceptors (Lipinski definition) is 5. The van der Waals surface area contributed by atoms with E-state index in [1.54, 1.807) is 36.3 Å². The molecule has 1 aromatic carbocycles. The zero-order valence-corrected chi connectivity index (χ0v) is 19.1. The molecular weight excluding hydrogens is 410 g/mol. The largest absolute Gasteiger partial charge is 0.497 e. The van der Waals surface area contributed by atoms with Gasteiger partial charge in [0.1, 0.15) is 17.5 Å². The van der Waals surface area contributed by atoms with Crippen LogP contribution in [0.2, 0.25) is 0 Å². The van der Waals surface area contributed by atoms with Crippen molar-refractivity contribution in [1.82, 2.24) is 15.1 Å². The average molecular weight is 444 g/mol. The maximum absolute atomic E-state index is 13.7. The minimum absolute atomic E-state index is 0.00926. The van der Waals surface area contributed by atoms with Gasteiger partial charge < -0.3 is 19.7 Å². The van der Waals surface area contributed by atoms with Crippen LogP contribution < -0.4 is 10.1 Å². The molecule has 2 aliphatic heterocycles. The normalized spacial score (nSPS) is 23.2. The highest BCUT2D eigenvalue weighted by atomic mass is 16.5. The Bertz CT molecular complexity index is 859. The summed E-state index contributed by atoms with van der Waals surface area (Å²) in [5, 5.41) is 3.00. The summed E-state index contributed by atoms with van der Waals surface area (Å²) in [5.74, 6) is 0.592. The van der Waals surface area contributed by atoms with E-state index in [0.29, 0.717) is 37.2 Å². The summed E-state index contributed by atoms with van der Waals surface area (Å²) in [4.78, 5) is 42.8. The molecule has 8 nitrogen and oxygen atoms in total. The molecule has 2 saturated heterocycles. The zero-order chi connectivity index (χ0) is 22.9. The van der Waals surface area contributed by atoms with Crippen LogP contribution in [-0.4, -0.2) is 72.1 Å². The van der Waals surface area contributed by atoms with Crippen LogP contribution in [0.4, 0.5) is 0 Å². The van der Waals surface area contributed by atoms with Crippen molar-refractivity contribution >= 4 is 17.7 Å². The zero-order valence-electron chi connectivity index (χ0n) is 19.1. The fraction of sp³-hybridized carbons (Fsp3) is 0.625. The Hall–Kier alpha value is -2.61. The predicted molar refractivity (Wildman–Crippen MR) is 118 cm³/mol. The second-order valence-corrected chi connectivity index (χ2v) is 9.09. The van der Waals surface area contributed by atoms with Crippen LogP contribution in [0.5, 0.6) is 5.75 Å². The molecule has 8 heteroatoms. The van der Waals surface area contributed by atoms with Crippen molar-refractivity contribution in [2.45, 2.75) is 63.8 Å². The highest BCUT2D eigenvalue weighted by molar-refractivity contribution is 5.98. The molecule has 4 rings (SSSR count). The number of hydrogen-bond donors (Lipinski definition) is 1. The van der Waals surface area contributed by atoms with Gasteiger partial charge in [-0.05, 0) is 50.5 Å². The number of methoxy groups -OCH3 is 1. The molecule has 2 atom stereocenters. The summed E-state index contributed by atoms with van der Waals surface area (Å²) < 4.78 is 11.4. The number of nitrogens with zero attached hydrogens (tertiary/aromatic N) is 2. The number of nitrogens with one attached hydrogen (secondary N) is 1. The average Bonchev–Trinajstić information content (AvgIpc) is 3.61. The van der Waals surface area contributed by atoms with Crippen molar-refractivity contribution in [3.8, 4) is 5.75 Å². The monoisotopic (exact) mass is 443 g/mol.